The van der Waals surface area contributed by atoms with E-state index in [0.717, 1.165) is 17.4 Å². The van der Waals surface area contributed by atoms with E-state index in [4.69, 9.17) is 10.5 Å². The topological polar surface area (TPSA) is 58.7 Å². The molecule has 1 saturated heterocycles. The van der Waals surface area contributed by atoms with Gasteiger partial charge in [0.2, 0.25) is 0 Å². The maximum absolute atomic E-state index is 9.61. The zero-order valence-corrected chi connectivity index (χ0v) is 13.4. The summed E-state index contributed by atoms with van der Waals surface area (Å²) in [6.45, 7) is 4.24. The number of aliphatic hydroxyl groups excluding tert-OH is 1. The second-order valence-corrected chi connectivity index (χ2v) is 6.04. The number of hydrogen-bond donors (Lipinski definition) is 2. The Hall–Kier alpha value is -0.460. The van der Waals surface area contributed by atoms with E-state index in [-0.39, 0.29) is 24.7 Å². The van der Waals surface area contributed by atoms with Crippen LogP contribution in [-0.2, 0) is 4.74 Å². The fraction of sp³-hybridized carbons (Fsp3) is 0.600. The lowest BCUT2D eigenvalue weighted by molar-refractivity contribution is -0.0529. The highest BCUT2D eigenvalue weighted by molar-refractivity contribution is 9.10. The molecule has 1 aromatic rings. The van der Waals surface area contributed by atoms with Crippen molar-refractivity contribution in [1.29, 1.82) is 0 Å². The van der Waals surface area contributed by atoms with Crippen LogP contribution in [0.15, 0.2) is 28.7 Å². The lowest BCUT2D eigenvalue weighted by Crippen LogP contribution is -2.53. The van der Waals surface area contributed by atoms with E-state index < -0.39 is 0 Å². The Morgan fingerprint density at radius 3 is 2.90 bits per heavy atom. The molecule has 1 fully saturated rings. The fourth-order valence-electron chi connectivity index (χ4n) is 2.78. The molecule has 1 aromatic carbocycles. The summed E-state index contributed by atoms with van der Waals surface area (Å²) in [5.74, 6) is 0. The van der Waals surface area contributed by atoms with Crippen molar-refractivity contribution in [2.75, 3.05) is 26.4 Å². The van der Waals surface area contributed by atoms with Crippen LogP contribution in [0.25, 0.3) is 0 Å². The predicted octanol–water partition coefficient (Wildman–Crippen LogP) is 1.92. The van der Waals surface area contributed by atoms with Gasteiger partial charge >= 0.3 is 0 Å². The number of hydrogen-bond acceptors (Lipinski definition) is 4. The molecule has 5 heteroatoms. The molecule has 3 atom stereocenters. The molecule has 0 saturated carbocycles. The van der Waals surface area contributed by atoms with Crippen molar-refractivity contribution in [1.82, 2.24) is 4.90 Å². The number of aliphatic hydroxyl groups is 1. The van der Waals surface area contributed by atoms with Crippen LogP contribution in [0.4, 0.5) is 0 Å². The van der Waals surface area contributed by atoms with E-state index in [1.807, 2.05) is 18.2 Å². The molecule has 112 valence electrons. The molecule has 0 amide bonds. The number of benzene rings is 1. The molecule has 1 aliphatic heterocycles. The van der Waals surface area contributed by atoms with Crippen LogP contribution < -0.4 is 5.73 Å². The largest absolute Gasteiger partial charge is 0.395 e. The van der Waals surface area contributed by atoms with Gasteiger partial charge in [-0.25, -0.2) is 0 Å². The molecule has 1 aliphatic rings. The maximum atomic E-state index is 9.61. The highest BCUT2D eigenvalue weighted by Gasteiger charge is 2.33. The first-order chi connectivity index (χ1) is 9.69. The molecule has 4 nitrogen and oxygen atoms in total. The molecule has 1 heterocycles. The van der Waals surface area contributed by atoms with Crippen molar-refractivity contribution < 1.29 is 9.84 Å². The standard InChI is InChI=1S/C15H23BrN2O2/c1-2-14(17)15(12-5-3-4-6-13(12)16)18-7-8-20-10-11(18)9-19/h3-6,11,14-15,19H,2,7-10,17H2,1H3. The average molecular weight is 343 g/mol. The Labute approximate surface area is 129 Å². The van der Waals surface area contributed by atoms with E-state index >= 15 is 0 Å². The Balaban J connectivity index is 2.34. The second kappa shape index (κ2) is 7.52. The van der Waals surface area contributed by atoms with Crippen molar-refractivity contribution in [3.63, 3.8) is 0 Å². The molecule has 3 unspecified atom stereocenters. The van der Waals surface area contributed by atoms with Crippen LogP contribution in [0, 0.1) is 0 Å². The number of ether oxygens (including phenoxy) is 1. The van der Waals surface area contributed by atoms with E-state index in [0.29, 0.717) is 13.2 Å². The van der Waals surface area contributed by atoms with Crippen molar-refractivity contribution >= 4 is 15.9 Å². The summed E-state index contributed by atoms with van der Waals surface area (Å²) in [5.41, 5.74) is 7.56. The Morgan fingerprint density at radius 1 is 1.50 bits per heavy atom. The normalized spacial score (nSPS) is 23.5. The number of halogens is 1. The Bertz CT molecular complexity index is 430. The zero-order valence-electron chi connectivity index (χ0n) is 11.8. The zero-order chi connectivity index (χ0) is 14.5. The molecule has 0 aromatic heterocycles. The molecule has 3 N–H and O–H groups in total. The Morgan fingerprint density at radius 2 is 2.25 bits per heavy atom. The minimum Gasteiger partial charge on any atom is -0.395 e. The van der Waals surface area contributed by atoms with Crippen molar-refractivity contribution in [3.8, 4) is 0 Å². The number of nitrogens with two attached hydrogens (primary N) is 1. The summed E-state index contributed by atoms with van der Waals surface area (Å²) < 4.78 is 6.55. The fourth-order valence-corrected chi connectivity index (χ4v) is 3.30. The second-order valence-electron chi connectivity index (χ2n) is 5.19. The SMILES string of the molecule is CCC(N)C(c1ccccc1Br)N1CCOCC1CO. The van der Waals surface area contributed by atoms with Gasteiger partial charge in [0.15, 0.2) is 0 Å². The molecule has 2 rings (SSSR count). The number of nitrogens with zero attached hydrogens (tertiary/aromatic N) is 1. The molecular weight excluding hydrogens is 320 g/mol. The molecular formula is C15H23BrN2O2. The molecule has 0 aliphatic carbocycles. The predicted molar refractivity (Wildman–Crippen MR) is 83.5 cm³/mol. The van der Waals surface area contributed by atoms with Crippen LogP contribution in [0.2, 0.25) is 0 Å². The molecule has 0 bridgehead atoms. The summed E-state index contributed by atoms with van der Waals surface area (Å²) in [7, 11) is 0. The number of rotatable bonds is 5. The van der Waals surface area contributed by atoms with Gasteiger partial charge in [-0.3, -0.25) is 4.90 Å². The van der Waals surface area contributed by atoms with E-state index in [2.05, 4.69) is 33.8 Å². The summed E-state index contributed by atoms with van der Waals surface area (Å²) in [6.07, 6.45) is 0.890. The van der Waals surface area contributed by atoms with Gasteiger partial charge in [0.05, 0.1) is 31.9 Å². The lowest BCUT2D eigenvalue weighted by atomic mass is 9.94. The Kier molecular flexibility index (Phi) is 5.99. The third-order valence-electron chi connectivity index (χ3n) is 3.94. The van der Waals surface area contributed by atoms with Gasteiger partial charge < -0.3 is 15.6 Å². The summed E-state index contributed by atoms with van der Waals surface area (Å²) in [4.78, 5) is 2.29. The van der Waals surface area contributed by atoms with E-state index in [1.54, 1.807) is 0 Å². The smallest absolute Gasteiger partial charge is 0.0645 e. The van der Waals surface area contributed by atoms with Crippen LogP contribution in [-0.4, -0.2) is 48.5 Å². The van der Waals surface area contributed by atoms with Crippen molar-refractivity contribution in [2.45, 2.75) is 31.5 Å². The van der Waals surface area contributed by atoms with Gasteiger partial charge in [-0.05, 0) is 18.1 Å². The third-order valence-corrected chi connectivity index (χ3v) is 4.66. The van der Waals surface area contributed by atoms with Gasteiger partial charge in [-0.1, -0.05) is 41.1 Å². The van der Waals surface area contributed by atoms with Crippen LogP contribution in [0.1, 0.15) is 24.9 Å². The average Bonchev–Trinajstić information content (AvgIpc) is 2.49. The van der Waals surface area contributed by atoms with Gasteiger partial charge in [0, 0.05) is 17.1 Å². The molecule has 0 spiro atoms. The van der Waals surface area contributed by atoms with Gasteiger partial charge in [0.1, 0.15) is 0 Å². The quantitative estimate of drug-likeness (QED) is 0.858. The molecule has 0 radical (unpaired) electrons. The minimum absolute atomic E-state index is 0.0125. The van der Waals surface area contributed by atoms with Crippen LogP contribution in [0.5, 0.6) is 0 Å². The minimum atomic E-state index is 0.0125. The van der Waals surface area contributed by atoms with E-state index in [1.165, 1.54) is 5.56 Å². The van der Waals surface area contributed by atoms with Crippen molar-refractivity contribution in [3.05, 3.63) is 34.3 Å². The first-order valence-corrected chi connectivity index (χ1v) is 7.92. The summed E-state index contributed by atoms with van der Waals surface area (Å²) in [6, 6.07) is 8.32. The number of morpholine rings is 1. The monoisotopic (exact) mass is 342 g/mol. The van der Waals surface area contributed by atoms with Crippen molar-refractivity contribution in [2.24, 2.45) is 5.73 Å². The summed E-state index contributed by atoms with van der Waals surface area (Å²) >= 11 is 3.63. The van der Waals surface area contributed by atoms with Crippen LogP contribution in [0.3, 0.4) is 0 Å². The third kappa shape index (κ3) is 3.40. The maximum Gasteiger partial charge on any atom is 0.0645 e. The van der Waals surface area contributed by atoms with Crippen LogP contribution >= 0.6 is 15.9 Å². The molecule has 20 heavy (non-hydrogen) atoms. The summed E-state index contributed by atoms with van der Waals surface area (Å²) in [5, 5.41) is 9.61. The van der Waals surface area contributed by atoms with Gasteiger partial charge in [0.25, 0.3) is 0 Å². The first-order valence-electron chi connectivity index (χ1n) is 7.13. The van der Waals surface area contributed by atoms with Gasteiger partial charge in [-0.2, -0.15) is 0 Å². The first kappa shape index (κ1) is 15.9. The van der Waals surface area contributed by atoms with Gasteiger partial charge in [-0.15, -0.1) is 0 Å². The highest BCUT2D eigenvalue weighted by Crippen LogP contribution is 2.33. The highest BCUT2D eigenvalue weighted by atomic mass is 79.9. The lowest BCUT2D eigenvalue weighted by Gasteiger charge is -2.43. The van der Waals surface area contributed by atoms with E-state index in [9.17, 15) is 5.11 Å².